The van der Waals surface area contributed by atoms with Crippen molar-refractivity contribution in [3.63, 3.8) is 0 Å². The zero-order valence-corrected chi connectivity index (χ0v) is 16.6. The summed E-state index contributed by atoms with van der Waals surface area (Å²) in [5.74, 6) is -7.91. The van der Waals surface area contributed by atoms with Gasteiger partial charge in [0.25, 0.3) is 5.91 Å². The molecule has 0 aliphatic rings. The van der Waals surface area contributed by atoms with E-state index in [9.17, 15) is 32.7 Å². The van der Waals surface area contributed by atoms with Gasteiger partial charge >= 0.3 is 5.97 Å². The SMILES string of the molecule is Cc1c(CC(=O)NCC(=O)O)c2c(F)c(O)c(F)cc2n1C(=O)c1ccc(Cl)c(F)c1. The largest absolute Gasteiger partial charge is 0.503 e. The average Bonchev–Trinajstić information content (AvgIpc) is 2.97. The van der Waals surface area contributed by atoms with Crippen molar-refractivity contribution in [2.45, 2.75) is 13.3 Å². The van der Waals surface area contributed by atoms with Gasteiger partial charge in [-0.05, 0) is 30.7 Å². The molecule has 3 rings (SSSR count). The van der Waals surface area contributed by atoms with E-state index in [-0.39, 0.29) is 27.4 Å². The van der Waals surface area contributed by atoms with E-state index in [1.54, 1.807) is 0 Å². The maximum absolute atomic E-state index is 14.7. The minimum Gasteiger partial charge on any atom is -0.503 e. The van der Waals surface area contributed by atoms with Crippen molar-refractivity contribution < 1.29 is 37.8 Å². The monoisotopic (exact) mass is 454 g/mol. The van der Waals surface area contributed by atoms with Gasteiger partial charge in [0, 0.05) is 22.7 Å². The second kappa shape index (κ2) is 8.31. The Morgan fingerprint density at radius 3 is 2.42 bits per heavy atom. The van der Waals surface area contributed by atoms with Gasteiger partial charge in [0.15, 0.2) is 17.4 Å². The van der Waals surface area contributed by atoms with Crippen molar-refractivity contribution in [3.05, 3.63) is 63.6 Å². The fourth-order valence-electron chi connectivity index (χ4n) is 3.19. The van der Waals surface area contributed by atoms with Gasteiger partial charge in [-0.3, -0.25) is 19.0 Å². The summed E-state index contributed by atoms with van der Waals surface area (Å²) in [6.45, 7) is 0.653. The summed E-state index contributed by atoms with van der Waals surface area (Å²) in [6, 6.07) is 3.91. The van der Waals surface area contributed by atoms with E-state index in [0.717, 1.165) is 16.7 Å². The fraction of sp³-hybridized carbons (Fsp3) is 0.150. The number of aromatic nitrogens is 1. The van der Waals surface area contributed by atoms with E-state index < -0.39 is 59.3 Å². The number of aliphatic carboxylic acids is 1. The summed E-state index contributed by atoms with van der Waals surface area (Å²) >= 11 is 5.62. The molecule has 1 heterocycles. The third kappa shape index (κ3) is 4.06. The lowest BCUT2D eigenvalue weighted by atomic mass is 10.1. The number of hydrogen-bond acceptors (Lipinski definition) is 4. The first-order valence-electron chi connectivity index (χ1n) is 8.72. The molecule has 0 spiro atoms. The van der Waals surface area contributed by atoms with Crippen LogP contribution in [0.5, 0.6) is 5.75 Å². The van der Waals surface area contributed by atoms with Gasteiger partial charge in [-0.1, -0.05) is 11.6 Å². The summed E-state index contributed by atoms with van der Waals surface area (Å²) in [5.41, 5.74) is -0.539. The molecule has 1 aromatic heterocycles. The van der Waals surface area contributed by atoms with E-state index in [4.69, 9.17) is 16.7 Å². The number of fused-ring (bicyclic) bond motifs is 1. The first kappa shape index (κ1) is 22.2. The van der Waals surface area contributed by atoms with Gasteiger partial charge in [-0.2, -0.15) is 0 Å². The second-order valence-corrected chi connectivity index (χ2v) is 7.00. The van der Waals surface area contributed by atoms with Crippen LogP contribution >= 0.6 is 11.6 Å². The highest BCUT2D eigenvalue weighted by Crippen LogP contribution is 2.35. The number of carboxylic acid groups (broad SMARTS) is 1. The van der Waals surface area contributed by atoms with Crippen molar-refractivity contribution in [3.8, 4) is 5.75 Å². The molecule has 11 heteroatoms. The highest BCUT2D eigenvalue weighted by molar-refractivity contribution is 6.30. The molecule has 1 amide bonds. The molecule has 0 radical (unpaired) electrons. The smallest absolute Gasteiger partial charge is 0.322 e. The number of hydrogen-bond donors (Lipinski definition) is 3. The van der Waals surface area contributed by atoms with Crippen LogP contribution in [0.4, 0.5) is 13.2 Å². The molecule has 7 nitrogen and oxygen atoms in total. The molecule has 0 fully saturated rings. The lowest BCUT2D eigenvalue weighted by molar-refractivity contribution is -0.137. The van der Waals surface area contributed by atoms with Crippen LogP contribution in [0.25, 0.3) is 10.9 Å². The average molecular weight is 455 g/mol. The number of benzene rings is 2. The van der Waals surface area contributed by atoms with Crippen LogP contribution in [0.1, 0.15) is 21.6 Å². The summed E-state index contributed by atoms with van der Waals surface area (Å²) in [6.07, 6.45) is -0.563. The number of rotatable bonds is 5. The van der Waals surface area contributed by atoms with E-state index in [2.05, 4.69) is 5.32 Å². The zero-order valence-electron chi connectivity index (χ0n) is 15.8. The Kier molecular flexibility index (Phi) is 5.94. The molecule has 0 atom stereocenters. The number of nitrogens with zero attached hydrogens (tertiary/aromatic N) is 1. The van der Waals surface area contributed by atoms with Crippen molar-refractivity contribution in [2.75, 3.05) is 6.54 Å². The summed E-state index contributed by atoms with van der Waals surface area (Å²) < 4.78 is 43.5. The third-order valence-corrected chi connectivity index (χ3v) is 4.94. The molecule has 2 aromatic carbocycles. The molecule has 0 aliphatic carbocycles. The number of phenols is 1. The molecular formula is C20H14ClF3N2O5. The van der Waals surface area contributed by atoms with Crippen LogP contribution in [0, 0.1) is 24.4 Å². The van der Waals surface area contributed by atoms with Gasteiger partial charge in [0.05, 0.1) is 17.0 Å². The van der Waals surface area contributed by atoms with Crippen molar-refractivity contribution in [1.82, 2.24) is 9.88 Å². The molecule has 31 heavy (non-hydrogen) atoms. The summed E-state index contributed by atoms with van der Waals surface area (Å²) in [4.78, 5) is 35.8. The number of halogens is 4. The van der Waals surface area contributed by atoms with E-state index in [1.165, 1.54) is 13.0 Å². The number of carbonyl (C=O) groups is 3. The number of carboxylic acids is 1. The number of phenolic OH excluding ortho intramolecular Hbond substituents is 1. The lowest BCUT2D eigenvalue weighted by Crippen LogP contribution is -2.30. The Hall–Kier alpha value is -3.53. The highest BCUT2D eigenvalue weighted by Gasteiger charge is 2.27. The van der Waals surface area contributed by atoms with Crippen molar-refractivity contribution >= 4 is 40.3 Å². The number of carbonyl (C=O) groups excluding carboxylic acids is 2. The van der Waals surface area contributed by atoms with Crippen LogP contribution in [-0.2, 0) is 16.0 Å². The van der Waals surface area contributed by atoms with Crippen LogP contribution in [0.2, 0.25) is 5.02 Å². The van der Waals surface area contributed by atoms with Gasteiger partial charge in [-0.15, -0.1) is 0 Å². The molecule has 162 valence electrons. The van der Waals surface area contributed by atoms with Gasteiger partial charge in [0.2, 0.25) is 5.91 Å². The van der Waals surface area contributed by atoms with E-state index >= 15 is 0 Å². The van der Waals surface area contributed by atoms with Crippen LogP contribution in [0.3, 0.4) is 0 Å². The molecule has 0 unspecified atom stereocenters. The van der Waals surface area contributed by atoms with Crippen LogP contribution in [-0.4, -0.2) is 39.1 Å². The van der Waals surface area contributed by atoms with Crippen molar-refractivity contribution in [1.29, 1.82) is 0 Å². The molecule has 0 aliphatic heterocycles. The second-order valence-electron chi connectivity index (χ2n) is 6.60. The fourth-order valence-corrected chi connectivity index (χ4v) is 3.31. The Morgan fingerprint density at radius 2 is 1.81 bits per heavy atom. The minimum absolute atomic E-state index is 0.0183. The lowest BCUT2D eigenvalue weighted by Gasteiger charge is -2.09. The van der Waals surface area contributed by atoms with Crippen molar-refractivity contribution in [2.24, 2.45) is 0 Å². The molecule has 0 saturated heterocycles. The molecule has 3 N–H and O–H groups in total. The maximum atomic E-state index is 14.7. The van der Waals surface area contributed by atoms with Gasteiger partial charge in [0.1, 0.15) is 12.4 Å². The first-order chi connectivity index (χ1) is 14.5. The van der Waals surface area contributed by atoms with Gasteiger partial charge < -0.3 is 15.5 Å². The highest BCUT2D eigenvalue weighted by atomic mass is 35.5. The third-order valence-electron chi connectivity index (χ3n) is 4.63. The normalized spacial score (nSPS) is 11.0. The number of amides is 1. The first-order valence-corrected chi connectivity index (χ1v) is 9.09. The maximum Gasteiger partial charge on any atom is 0.322 e. The predicted molar refractivity (Wildman–Crippen MR) is 104 cm³/mol. The number of aromatic hydroxyl groups is 1. The molecule has 0 saturated carbocycles. The Morgan fingerprint density at radius 1 is 1.13 bits per heavy atom. The quantitative estimate of drug-likeness (QED) is 0.549. The molecular weight excluding hydrogens is 441 g/mol. The Labute approximate surface area is 177 Å². The summed E-state index contributed by atoms with van der Waals surface area (Å²) in [5, 5.41) is 19.8. The van der Waals surface area contributed by atoms with Crippen LogP contribution < -0.4 is 5.32 Å². The Balaban J connectivity index is 2.21. The molecule has 0 bridgehead atoms. The van der Waals surface area contributed by atoms with E-state index in [1.807, 2.05) is 0 Å². The zero-order chi connectivity index (χ0) is 23.0. The number of nitrogens with one attached hydrogen (secondary N) is 1. The summed E-state index contributed by atoms with van der Waals surface area (Å²) in [7, 11) is 0. The van der Waals surface area contributed by atoms with E-state index in [0.29, 0.717) is 6.07 Å². The minimum atomic E-state index is -1.40. The standard InChI is InChI=1S/C20H14ClF3N2O5/c1-8-10(5-15(27)25-7-16(28)29)17-14(6-13(23)19(30)18(17)24)26(8)20(31)9-2-3-11(21)12(22)4-9/h2-4,6,30H,5,7H2,1H3,(H,25,27)(H,28,29). The topological polar surface area (TPSA) is 109 Å². The van der Waals surface area contributed by atoms with Crippen LogP contribution in [0.15, 0.2) is 24.3 Å². The Bertz CT molecular complexity index is 1260. The predicted octanol–water partition coefficient (Wildman–Crippen LogP) is 3.16. The molecule has 3 aromatic rings. The van der Waals surface area contributed by atoms with Gasteiger partial charge in [-0.25, -0.2) is 13.2 Å².